The number of para-hydroxylation sites is 2. The molecule has 0 bridgehead atoms. The molecule has 1 amide bonds. The minimum absolute atomic E-state index is 0.0260. The van der Waals surface area contributed by atoms with Gasteiger partial charge in [-0.1, -0.05) is 94.8 Å². The Labute approximate surface area is 268 Å². The third kappa shape index (κ3) is 6.09. The van der Waals surface area contributed by atoms with E-state index in [1.54, 1.807) is 0 Å². The van der Waals surface area contributed by atoms with Gasteiger partial charge in [0.05, 0.1) is 29.5 Å². The van der Waals surface area contributed by atoms with Gasteiger partial charge in [-0.3, -0.25) is 19.2 Å². The van der Waals surface area contributed by atoms with E-state index >= 15 is 0 Å². The number of halogens is 1. The van der Waals surface area contributed by atoms with Crippen LogP contribution in [0.2, 0.25) is 0 Å². The highest BCUT2D eigenvalue weighted by atomic mass is 79.9. The Morgan fingerprint density at radius 1 is 0.795 bits per heavy atom. The highest BCUT2D eigenvalue weighted by molar-refractivity contribution is 9.10. The van der Waals surface area contributed by atoms with Gasteiger partial charge in [0, 0.05) is 42.9 Å². The van der Waals surface area contributed by atoms with Crippen LogP contribution < -0.4 is 0 Å². The fourth-order valence-corrected chi connectivity index (χ4v) is 7.42. The molecule has 2 saturated heterocycles. The highest BCUT2D eigenvalue weighted by Gasteiger charge is 2.33. The lowest BCUT2D eigenvalue weighted by Gasteiger charge is -2.42. The third-order valence-corrected chi connectivity index (χ3v) is 9.63. The maximum atomic E-state index is 13.9. The lowest BCUT2D eigenvalue weighted by molar-refractivity contribution is -0.139. The van der Waals surface area contributed by atoms with Crippen molar-refractivity contribution in [2.75, 3.05) is 39.3 Å². The summed E-state index contributed by atoms with van der Waals surface area (Å²) < 4.78 is 3.31. The van der Waals surface area contributed by atoms with Crippen molar-refractivity contribution in [1.29, 1.82) is 0 Å². The smallest absolute Gasteiger partial charge is 0.227 e. The zero-order valence-corrected chi connectivity index (χ0v) is 26.5. The first-order chi connectivity index (χ1) is 21.6. The molecule has 0 unspecified atom stereocenters. The first kappa shape index (κ1) is 29.0. The van der Waals surface area contributed by atoms with Gasteiger partial charge in [-0.05, 0) is 60.8 Å². The molecule has 44 heavy (non-hydrogen) atoms. The molecule has 0 spiro atoms. The quantitative estimate of drug-likeness (QED) is 0.192. The van der Waals surface area contributed by atoms with Gasteiger partial charge >= 0.3 is 0 Å². The van der Waals surface area contributed by atoms with Crippen LogP contribution in [0.25, 0.3) is 16.7 Å². The van der Waals surface area contributed by atoms with E-state index < -0.39 is 0 Å². The number of piperidine rings is 1. The van der Waals surface area contributed by atoms with E-state index in [2.05, 4.69) is 132 Å². The second kappa shape index (κ2) is 13.1. The number of likely N-dealkylation sites (tertiary alicyclic amines) is 1. The molecule has 7 heteroatoms. The molecule has 1 atom stereocenters. The van der Waals surface area contributed by atoms with E-state index in [-0.39, 0.29) is 12.0 Å². The molecule has 5 aromatic rings. The van der Waals surface area contributed by atoms with Crippen LogP contribution in [0.5, 0.6) is 0 Å². The SMILES string of the molecule is O=C([C@@H]1CCCN(Cc2nc3ccccc3n2-c2cccc(Br)c2)C1)N1CCN(C(c2ccccc2)c2ccccc2)CC1. The summed E-state index contributed by atoms with van der Waals surface area (Å²) in [5.74, 6) is 1.35. The van der Waals surface area contributed by atoms with E-state index in [0.717, 1.165) is 79.1 Å². The van der Waals surface area contributed by atoms with Crippen LogP contribution in [-0.4, -0.2) is 69.4 Å². The fraction of sp³-hybridized carbons (Fsp3) is 0.297. The molecule has 0 radical (unpaired) electrons. The predicted molar refractivity (Wildman–Crippen MR) is 180 cm³/mol. The lowest BCUT2D eigenvalue weighted by Crippen LogP contribution is -2.53. The number of fused-ring (bicyclic) bond motifs is 1. The zero-order valence-electron chi connectivity index (χ0n) is 24.9. The highest BCUT2D eigenvalue weighted by Crippen LogP contribution is 2.31. The summed E-state index contributed by atoms with van der Waals surface area (Å²) in [5, 5.41) is 0. The fourth-order valence-electron chi connectivity index (χ4n) is 7.03. The van der Waals surface area contributed by atoms with E-state index in [1.165, 1.54) is 11.1 Å². The van der Waals surface area contributed by atoms with Crippen molar-refractivity contribution in [2.45, 2.75) is 25.4 Å². The minimum Gasteiger partial charge on any atom is -0.340 e. The first-order valence-electron chi connectivity index (χ1n) is 15.7. The summed E-state index contributed by atoms with van der Waals surface area (Å²) in [6.45, 7) is 5.75. The van der Waals surface area contributed by atoms with Gasteiger partial charge in [0.1, 0.15) is 5.82 Å². The minimum atomic E-state index is 0.0260. The number of benzene rings is 4. The van der Waals surface area contributed by atoms with Gasteiger partial charge in [-0.15, -0.1) is 0 Å². The third-order valence-electron chi connectivity index (χ3n) is 9.14. The van der Waals surface area contributed by atoms with Crippen LogP contribution in [0.1, 0.15) is 35.8 Å². The van der Waals surface area contributed by atoms with Crippen molar-refractivity contribution >= 4 is 32.9 Å². The van der Waals surface area contributed by atoms with Gasteiger partial charge in [0.15, 0.2) is 0 Å². The molecule has 4 aromatic carbocycles. The second-order valence-electron chi connectivity index (χ2n) is 12.0. The van der Waals surface area contributed by atoms with Crippen LogP contribution in [0.3, 0.4) is 0 Å². The largest absolute Gasteiger partial charge is 0.340 e. The molecule has 0 saturated carbocycles. The molecule has 6 nitrogen and oxygen atoms in total. The number of hydrogen-bond donors (Lipinski definition) is 0. The summed E-state index contributed by atoms with van der Waals surface area (Å²) >= 11 is 3.64. The summed E-state index contributed by atoms with van der Waals surface area (Å²) in [7, 11) is 0. The number of nitrogens with zero attached hydrogens (tertiary/aromatic N) is 5. The average Bonchev–Trinajstić information content (AvgIpc) is 3.44. The van der Waals surface area contributed by atoms with Crippen LogP contribution in [0.4, 0.5) is 0 Å². The Morgan fingerprint density at radius 2 is 1.48 bits per heavy atom. The average molecular weight is 649 g/mol. The van der Waals surface area contributed by atoms with Gasteiger partial charge < -0.3 is 4.90 Å². The molecule has 3 heterocycles. The summed E-state index contributed by atoms with van der Waals surface area (Å²) in [4.78, 5) is 26.0. The Morgan fingerprint density at radius 3 is 2.18 bits per heavy atom. The van der Waals surface area contributed by atoms with Crippen LogP contribution in [0.15, 0.2) is 114 Å². The van der Waals surface area contributed by atoms with Gasteiger partial charge in [0.2, 0.25) is 5.91 Å². The number of aromatic nitrogens is 2. The Bertz CT molecular complexity index is 1670. The molecule has 7 rings (SSSR count). The second-order valence-corrected chi connectivity index (χ2v) is 12.9. The predicted octanol–water partition coefficient (Wildman–Crippen LogP) is 6.93. The number of imidazole rings is 1. The summed E-state index contributed by atoms with van der Waals surface area (Å²) in [6, 6.07) is 38.4. The normalized spacial score (nSPS) is 18.2. The number of rotatable bonds is 7. The Hall–Kier alpha value is -3.78. The number of hydrogen-bond acceptors (Lipinski definition) is 4. The van der Waals surface area contributed by atoms with Crippen molar-refractivity contribution in [2.24, 2.45) is 5.92 Å². The van der Waals surface area contributed by atoms with Gasteiger partial charge in [-0.2, -0.15) is 0 Å². The van der Waals surface area contributed by atoms with Crippen LogP contribution in [-0.2, 0) is 11.3 Å². The maximum absolute atomic E-state index is 13.9. The van der Waals surface area contributed by atoms with Crippen molar-refractivity contribution in [3.8, 4) is 5.69 Å². The van der Waals surface area contributed by atoms with Crippen molar-refractivity contribution in [1.82, 2.24) is 24.3 Å². The molecule has 1 aromatic heterocycles. The monoisotopic (exact) mass is 647 g/mol. The van der Waals surface area contributed by atoms with Gasteiger partial charge in [0.25, 0.3) is 0 Å². The standard InChI is InChI=1S/C37H38BrN5O/c38-31-16-9-17-32(25-31)43-34-19-8-7-18-33(34)39-35(43)27-40-20-10-15-30(26-40)37(44)42-23-21-41(22-24-42)36(28-11-3-1-4-12-28)29-13-5-2-6-14-29/h1-9,11-14,16-19,25,30,36H,10,15,20-24,26-27H2/t30-/m1/s1. The number of carbonyl (C=O) groups excluding carboxylic acids is 1. The first-order valence-corrected chi connectivity index (χ1v) is 16.5. The topological polar surface area (TPSA) is 44.6 Å². The summed E-state index contributed by atoms with van der Waals surface area (Å²) in [6.07, 6.45) is 1.98. The van der Waals surface area contributed by atoms with E-state index in [4.69, 9.17) is 4.98 Å². The molecule has 224 valence electrons. The van der Waals surface area contributed by atoms with Crippen LogP contribution >= 0.6 is 15.9 Å². The molecule has 2 fully saturated rings. The Kier molecular flexibility index (Phi) is 8.60. The Balaban J connectivity index is 1.04. The zero-order chi connectivity index (χ0) is 29.9. The molecule has 0 N–H and O–H groups in total. The molecular formula is C37H38BrN5O. The maximum Gasteiger partial charge on any atom is 0.227 e. The van der Waals surface area contributed by atoms with Crippen LogP contribution in [0, 0.1) is 5.92 Å². The van der Waals surface area contributed by atoms with E-state index in [0.29, 0.717) is 12.5 Å². The molecule has 2 aliphatic heterocycles. The van der Waals surface area contributed by atoms with Crippen molar-refractivity contribution in [3.05, 3.63) is 131 Å². The molecular weight excluding hydrogens is 610 g/mol. The summed E-state index contributed by atoms with van der Waals surface area (Å²) in [5.41, 5.74) is 5.79. The number of amides is 1. The van der Waals surface area contributed by atoms with Crippen molar-refractivity contribution in [3.63, 3.8) is 0 Å². The van der Waals surface area contributed by atoms with Crippen molar-refractivity contribution < 1.29 is 4.79 Å². The lowest BCUT2D eigenvalue weighted by atomic mass is 9.95. The number of piperazine rings is 1. The van der Waals surface area contributed by atoms with E-state index in [1.807, 2.05) is 12.1 Å². The van der Waals surface area contributed by atoms with E-state index in [9.17, 15) is 4.79 Å². The molecule has 2 aliphatic rings. The molecule has 0 aliphatic carbocycles. The van der Waals surface area contributed by atoms with Gasteiger partial charge in [-0.25, -0.2) is 4.98 Å². The number of carbonyl (C=O) groups is 1.